The molecule has 0 aromatic carbocycles. The lowest BCUT2D eigenvalue weighted by Crippen LogP contribution is -2.04. The van der Waals surface area contributed by atoms with Crippen LogP contribution < -0.4 is 0 Å². The van der Waals surface area contributed by atoms with E-state index in [9.17, 15) is 0 Å². The van der Waals surface area contributed by atoms with E-state index < -0.39 is 0 Å². The first-order chi connectivity index (χ1) is 6.40. The number of tetrazole rings is 1. The van der Waals surface area contributed by atoms with Crippen molar-refractivity contribution in [3.05, 3.63) is 24.0 Å². The zero-order valence-electron chi connectivity index (χ0n) is 7.30. The first-order valence-electron chi connectivity index (χ1n) is 4.12. The van der Waals surface area contributed by atoms with Gasteiger partial charge in [-0.25, -0.2) is 4.98 Å². The van der Waals surface area contributed by atoms with Crippen molar-refractivity contribution in [3.63, 3.8) is 0 Å². The van der Waals surface area contributed by atoms with Crippen molar-refractivity contribution in [2.75, 3.05) is 0 Å². The molecule has 0 unspecified atom stereocenters. The van der Waals surface area contributed by atoms with Crippen molar-refractivity contribution in [1.29, 1.82) is 0 Å². The lowest BCUT2D eigenvalue weighted by molar-refractivity contribution is 0.698. The second-order valence-corrected chi connectivity index (χ2v) is 2.65. The highest BCUT2D eigenvalue weighted by Gasteiger charge is 2.03. The number of hydrogen-bond donors (Lipinski definition) is 1. The topological polar surface area (TPSA) is 72.3 Å². The molecular weight excluding hydrogens is 168 g/mol. The molecule has 68 valence electrons. The van der Waals surface area contributed by atoms with E-state index in [1.54, 1.807) is 6.20 Å². The number of nitrogens with zero attached hydrogens (tertiary/aromatic N) is 5. The molecule has 0 aliphatic heterocycles. The van der Waals surface area contributed by atoms with Crippen LogP contribution in [0.3, 0.4) is 0 Å². The molecule has 2 heterocycles. The molecule has 6 nitrogen and oxygen atoms in total. The van der Waals surface area contributed by atoms with Crippen LogP contribution in [0.15, 0.2) is 12.4 Å². The fraction of sp³-hybridized carbons (Fsp3) is 0.429. The molecule has 0 aliphatic rings. The van der Waals surface area contributed by atoms with Gasteiger partial charge in [0.2, 0.25) is 0 Å². The van der Waals surface area contributed by atoms with Crippen LogP contribution in [0.4, 0.5) is 0 Å². The van der Waals surface area contributed by atoms with Gasteiger partial charge < -0.3 is 4.57 Å². The van der Waals surface area contributed by atoms with Crippen LogP contribution in [-0.4, -0.2) is 30.2 Å². The molecule has 1 N–H and O–H groups in total. The monoisotopic (exact) mass is 178 g/mol. The summed E-state index contributed by atoms with van der Waals surface area (Å²) in [6, 6.07) is 0. The van der Waals surface area contributed by atoms with Crippen molar-refractivity contribution in [1.82, 2.24) is 30.2 Å². The smallest absolute Gasteiger partial charge is 0.194 e. The predicted molar refractivity (Wildman–Crippen MR) is 44.9 cm³/mol. The van der Waals surface area contributed by atoms with Crippen LogP contribution in [0.1, 0.15) is 18.6 Å². The Kier molecular flexibility index (Phi) is 2.03. The molecule has 2 aromatic rings. The van der Waals surface area contributed by atoms with Crippen LogP contribution in [0.5, 0.6) is 0 Å². The molecule has 0 amide bonds. The first kappa shape index (κ1) is 7.90. The van der Waals surface area contributed by atoms with Crippen LogP contribution in [0, 0.1) is 0 Å². The third-order valence-corrected chi connectivity index (χ3v) is 1.82. The highest BCUT2D eigenvalue weighted by molar-refractivity contribution is 4.95. The molecule has 6 heteroatoms. The van der Waals surface area contributed by atoms with Crippen LogP contribution >= 0.6 is 0 Å². The lowest BCUT2D eigenvalue weighted by Gasteiger charge is -2.01. The second kappa shape index (κ2) is 3.34. The van der Waals surface area contributed by atoms with Crippen molar-refractivity contribution >= 4 is 0 Å². The molecule has 0 atom stereocenters. The maximum absolute atomic E-state index is 4.19. The lowest BCUT2D eigenvalue weighted by atomic mass is 10.4. The maximum atomic E-state index is 4.19. The molecular formula is C7H10N6. The quantitative estimate of drug-likeness (QED) is 0.718. The van der Waals surface area contributed by atoms with E-state index in [4.69, 9.17) is 0 Å². The fourth-order valence-corrected chi connectivity index (χ4v) is 1.20. The Balaban J connectivity index is 2.18. The summed E-state index contributed by atoms with van der Waals surface area (Å²) in [5.74, 6) is 1.71. The molecule has 2 aromatic heterocycles. The average Bonchev–Trinajstić information content (AvgIpc) is 2.76. The molecule has 0 radical (unpaired) electrons. The number of imidazole rings is 1. The SMILES string of the molecule is CCc1nccn1Cc1nn[nH]n1. The summed E-state index contributed by atoms with van der Waals surface area (Å²) >= 11 is 0. The minimum absolute atomic E-state index is 0.625. The molecule has 0 fully saturated rings. The summed E-state index contributed by atoms with van der Waals surface area (Å²) in [5, 5.41) is 13.6. The van der Waals surface area contributed by atoms with Crippen molar-refractivity contribution < 1.29 is 0 Å². The Hall–Kier alpha value is -1.72. The number of aromatic amines is 1. The first-order valence-corrected chi connectivity index (χ1v) is 4.12. The number of nitrogens with one attached hydrogen (secondary N) is 1. The van der Waals surface area contributed by atoms with E-state index in [-0.39, 0.29) is 0 Å². The number of aryl methyl sites for hydroxylation is 1. The van der Waals surface area contributed by atoms with Gasteiger partial charge in [-0.3, -0.25) is 0 Å². The zero-order valence-corrected chi connectivity index (χ0v) is 7.30. The molecule has 0 saturated carbocycles. The zero-order chi connectivity index (χ0) is 9.10. The molecule has 0 aliphatic carbocycles. The number of hydrogen-bond acceptors (Lipinski definition) is 4. The maximum Gasteiger partial charge on any atom is 0.194 e. The molecule has 0 bridgehead atoms. The Morgan fingerprint density at radius 1 is 1.54 bits per heavy atom. The molecule has 2 rings (SSSR count). The largest absolute Gasteiger partial charge is 0.327 e. The van der Waals surface area contributed by atoms with Gasteiger partial charge in [-0.05, 0) is 0 Å². The van der Waals surface area contributed by atoms with Crippen LogP contribution in [0.2, 0.25) is 0 Å². The van der Waals surface area contributed by atoms with Gasteiger partial charge in [-0.15, -0.1) is 10.2 Å². The second-order valence-electron chi connectivity index (χ2n) is 2.65. The van der Waals surface area contributed by atoms with Gasteiger partial charge in [0.1, 0.15) is 5.82 Å². The van der Waals surface area contributed by atoms with E-state index in [0.29, 0.717) is 12.4 Å². The third-order valence-electron chi connectivity index (χ3n) is 1.82. The van der Waals surface area contributed by atoms with Gasteiger partial charge in [0.25, 0.3) is 0 Å². The highest BCUT2D eigenvalue weighted by Crippen LogP contribution is 2.00. The van der Waals surface area contributed by atoms with Crippen LogP contribution in [-0.2, 0) is 13.0 Å². The van der Waals surface area contributed by atoms with E-state index in [2.05, 4.69) is 32.5 Å². The van der Waals surface area contributed by atoms with Gasteiger partial charge in [0.15, 0.2) is 5.82 Å². The van der Waals surface area contributed by atoms with E-state index in [0.717, 1.165) is 12.2 Å². The normalized spacial score (nSPS) is 10.5. The van der Waals surface area contributed by atoms with Gasteiger partial charge in [0.05, 0.1) is 6.54 Å². The Bertz CT molecular complexity index is 362. The van der Waals surface area contributed by atoms with Crippen LogP contribution in [0.25, 0.3) is 0 Å². The summed E-state index contributed by atoms with van der Waals surface area (Å²) in [7, 11) is 0. The van der Waals surface area contributed by atoms with Gasteiger partial charge in [0, 0.05) is 18.8 Å². The summed E-state index contributed by atoms with van der Waals surface area (Å²) in [6.45, 7) is 2.69. The van der Waals surface area contributed by atoms with Gasteiger partial charge >= 0.3 is 0 Å². The Morgan fingerprint density at radius 3 is 3.15 bits per heavy atom. The third kappa shape index (κ3) is 1.56. The summed E-state index contributed by atoms with van der Waals surface area (Å²) in [4.78, 5) is 4.19. The Labute approximate surface area is 75.0 Å². The van der Waals surface area contributed by atoms with Gasteiger partial charge in [-0.1, -0.05) is 12.1 Å². The fourth-order valence-electron chi connectivity index (χ4n) is 1.20. The number of H-pyrrole nitrogens is 1. The molecule has 13 heavy (non-hydrogen) atoms. The molecule has 0 saturated heterocycles. The van der Waals surface area contributed by atoms with E-state index in [1.807, 2.05) is 10.8 Å². The highest BCUT2D eigenvalue weighted by atomic mass is 15.5. The van der Waals surface area contributed by atoms with Crippen molar-refractivity contribution in [3.8, 4) is 0 Å². The number of rotatable bonds is 3. The van der Waals surface area contributed by atoms with E-state index in [1.165, 1.54) is 0 Å². The Morgan fingerprint density at radius 2 is 2.46 bits per heavy atom. The minimum atomic E-state index is 0.625. The summed E-state index contributed by atoms with van der Waals surface area (Å²) < 4.78 is 2.00. The number of aromatic nitrogens is 6. The standard InChI is InChI=1S/C7H10N6/c1-2-7-8-3-4-13(7)5-6-9-11-12-10-6/h3-4H,2,5H2,1H3,(H,9,10,11,12). The van der Waals surface area contributed by atoms with Crippen molar-refractivity contribution in [2.45, 2.75) is 19.9 Å². The minimum Gasteiger partial charge on any atom is -0.327 e. The van der Waals surface area contributed by atoms with Crippen molar-refractivity contribution in [2.24, 2.45) is 0 Å². The molecule has 0 spiro atoms. The van der Waals surface area contributed by atoms with E-state index >= 15 is 0 Å². The van der Waals surface area contributed by atoms with Gasteiger partial charge in [-0.2, -0.15) is 5.21 Å². The summed E-state index contributed by atoms with van der Waals surface area (Å²) in [6.07, 6.45) is 4.60. The average molecular weight is 178 g/mol. The predicted octanol–water partition coefficient (Wildman–Crippen LogP) is 0.00690. The summed E-state index contributed by atoms with van der Waals surface area (Å²) in [5.41, 5.74) is 0.